The van der Waals surface area contributed by atoms with E-state index in [2.05, 4.69) is 0 Å². The van der Waals surface area contributed by atoms with E-state index in [9.17, 15) is 29.3 Å². The Morgan fingerprint density at radius 3 is 2.24 bits per heavy atom. The minimum atomic E-state index is -0.747. The first-order chi connectivity index (χ1) is 19.7. The van der Waals surface area contributed by atoms with Gasteiger partial charge in [0.1, 0.15) is 18.0 Å². The summed E-state index contributed by atoms with van der Waals surface area (Å²) in [7, 11) is 0. The van der Waals surface area contributed by atoms with Gasteiger partial charge in [-0.25, -0.2) is 5.01 Å². The molecule has 3 amide bonds. The average molecular weight is 574 g/mol. The van der Waals surface area contributed by atoms with Crippen LogP contribution in [-0.2, 0) is 9.59 Å². The Kier molecular flexibility index (Phi) is 7.67. The van der Waals surface area contributed by atoms with E-state index in [1.165, 1.54) is 60.7 Å². The van der Waals surface area contributed by atoms with Crippen LogP contribution in [0.2, 0.25) is 5.02 Å². The fourth-order valence-electron chi connectivity index (χ4n) is 5.08. The van der Waals surface area contributed by atoms with E-state index < -0.39 is 46.8 Å². The zero-order chi connectivity index (χ0) is 29.3. The number of hydrogen-bond donors (Lipinski definition) is 0. The number of fused-ring (bicyclic) bond motifs is 1. The normalized spacial score (nSPS) is 19.6. The SMILES string of the molecule is C[C@@H]1C=CC[C@@H]2C(=O)N(N(CC(=O)c3ccc(Oc4ccc([N+](=O)[O-])cc4)cc3)C(=O)c3ccccc3Cl)C(=O)[C@H]12. The van der Waals surface area contributed by atoms with Gasteiger partial charge in [-0.2, -0.15) is 5.01 Å². The summed E-state index contributed by atoms with van der Waals surface area (Å²) in [4.78, 5) is 64.3. The third-order valence-electron chi connectivity index (χ3n) is 7.18. The molecule has 3 atom stereocenters. The molecule has 11 heteroatoms. The van der Waals surface area contributed by atoms with E-state index in [0.717, 1.165) is 10.0 Å². The summed E-state index contributed by atoms with van der Waals surface area (Å²) in [6.45, 7) is 1.26. The number of hydrazine groups is 1. The lowest BCUT2D eigenvalue weighted by Gasteiger charge is -2.30. The minimum Gasteiger partial charge on any atom is -0.457 e. The highest BCUT2D eigenvalue weighted by atomic mass is 35.5. The Morgan fingerprint density at radius 2 is 1.63 bits per heavy atom. The predicted molar refractivity (Wildman–Crippen MR) is 148 cm³/mol. The van der Waals surface area contributed by atoms with Crippen LogP contribution in [0.5, 0.6) is 11.5 Å². The maximum atomic E-state index is 13.7. The van der Waals surface area contributed by atoms with Crippen LogP contribution in [0.4, 0.5) is 5.69 Å². The summed E-state index contributed by atoms with van der Waals surface area (Å²) in [5.41, 5.74) is 0.189. The number of benzene rings is 3. The van der Waals surface area contributed by atoms with Crippen LogP contribution in [0.3, 0.4) is 0 Å². The largest absolute Gasteiger partial charge is 0.457 e. The van der Waals surface area contributed by atoms with Crippen molar-refractivity contribution in [1.29, 1.82) is 0 Å². The number of nitro groups is 1. The van der Waals surface area contributed by atoms with E-state index >= 15 is 0 Å². The number of nitrogens with zero attached hydrogens (tertiary/aromatic N) is 3. The average Bonchev–Trinajstić information content (AvgIpc) is 3.22. The van der Waals surface area contributed by atoms with Gasteiger partial charge in [0.2, 0.25) is 0 Å². The predicted octanol–water partition coefficient (Wildman–Crippen LogP) is 5.48. The van der Waals surface area contributed by atoms with Crippen LogP contribution < -0.4 is 4.74 Å². The van der Waals surface area contributed by atoms with Crippen molar-refractivity contribution in [1.82, 2.24) is 10.0 Å². The smallest absolute Gasteiger partial charge is 0.274 e. The lowest BCUT2D eigenvalue weighted by molar-refractivity contribution is -0.384. The molecule has 0 N–H and O–H groups in total. The van der Waals surface area contributed by atoms with Gasteiger partial charge in [0.25, 0.3) is 23.4 Å². The third-order valence-corrected chi connectivity index (χ3v) is 7.51. The molecule has 208 valence electrons. The monoisotopic (exact) mass is 573 g/mol. The first-order valence-corrected chi connectivity index (χ1v) is 13.2. The molecule has 1 fully saturated rings. The van der Waals surface area contributed by atoms with Crippen molar-refractivity contribution in [3.63, 3.8) is 0 Å². The molecule has 3 aromatic rings. The standard InChI is InChI=1S/C30H24ClN3O7/c1-18-5-4-7-24-27(18)30(38)33(29(24)37)32(28(36)23-6-2-3-8-25(23)31)17-26(35)19-9-13-21(14-10-19)41-22-15-11-20(12-16-22)34(39)40/h2-6,8-16,18,24,27H,7,17H2,1H3/t18-,24+,27-/m1/s1. The highest BCUT2D eigenvalue weighted by molar-refractivity contribution is 6.34. The number of halogens is 1. The molecule has 2 aliphatic rings. The van der Waals surface area contributed by atoms with E-state index in [0.29, 0.717) is 17.9 Å². The first-order valence-electron chi connectivity index (χ1n) is 12.8. The second kappa shape index (κ2) is 11.3. The Bertz CT molecular complexity index is 1570. The quantitative estimate of drug-likeness (QED) is 0.115. The molecular formula is C30H24ClN3O7. The van der Waals surface area contributed by atoms with Crippen molar-refractivity contribution in [3.05, 3.63) is 111 Å². The number of carbonyl (C=O) groups excluding carboxylic acids is 4. The molecule has 10 nitrogen and oxygen atoms in total. The van der Waals surface area contributed by atoms with Crippen LogP contribution in [0.1, 0.15) is 34.1 Å². The highest BCUT2D eigenvalue weighted by Gasteiger charge is 2.53. The highest BCUT2D eigenvalue weighted by Crippen LogP contribution is 2.39. The Hall–Kier alpha value is -4.83. The van der Waals surface area contributed by atoms with Gasteiger partial charge in [0, 0.05) is 17.7 Å². The van der Waals surface area contributed by atoms with Crippen molar-refractivity contribution in [3.8, 4) is 11.5 Å². The lowest BCUT2D eigenvalue weighted by Crippen LogP contribution is -2.52. The Morgan fingerprint density at radius 1 is 1.00 bits per heavy atom. The summed E-state index contributed by atoms with van der Waals surface area (Å²) in [5, 5.41) is 12.7. The number of ketones is 1. The molecular weight excluding hydrogens is 550 g/mol. The van der Waals surface area contributed by atoms with E-state index in [1.54, 1.807) is 12.1 Å². The second-order valence-corrected chi connectivity index (χ2v) is 10.2. The summed E-state index contributed by atoms with van der Waals surface area (Å²) < 4.78 is 5.70. The number of Topliss-reactive ketones (excluding diaryl/α,β-unsaturated/α-hetero) is 1. The van der Waals surface area contributed by atoms with Crippen molar-refractivity contribution in [2.75, 3.05) is 6.54 Å². The lowest BCUT2D eigenvalue weighted by atomic mass is 9.78. The summed E-state index contributed by atoms with van der Waals surface area (Å²) in [6.07, 6.45) is 4.10. The Labute approximate surface area is 239 Å². The van der Waals surface area contributed by atoms with Gasteiger partial charge in [-0.15, -0.1) is 0 Å². The van der Waals surface area contributed by atoms with Crippen LogP contribution in [-0.4, -0.2) is 45.0 Å². The molecule has 0 unspecified atom stereocenters. The maximum Gasteiger partial charge on any atom is 0.274 e. The minimum absolute atomic E-state index is 0.0513. The molecule has 1 aliphatic heterocycles. The maximum absolute atomic E-state index is 13.7. The van der Waals surface area contributed by atoms with E-state index in [-0.39, 0.29) is 27.8 Å². The van der Waals surface area contributed by atoms with Crippen molar-refractivity contribution >= 4 is 40.8 Å². The van der Waals surface area contributed by atoms with Crippen LogP contribution >= 0.6 is 11.6 Å². The number of carbonyl (C=O) groups is 4. The van der Waals surface area contributed by atoms with Gasteiger partial charge in [-0.1, -0.05) is 42.8 Å². The molecule has 41 heavy (non-hydrogen) atoms. The van der Waals surface area contributed by atoms with Gasteiger partial charge in [-0.3, -0.25) is 29.3 Å². The summed E-state index contributed by atoms with van der Waals surface area (Å²) >= 11 is 6.27. The van der Waals surface area contributed by atoms with Crippen LogP contribution in [0, 0.1) is 27.9 Å². The number of amides is 3. The molecule has 3 aromatic carbocycles. The number of rotatable bonds is 8. The number of non-ortho nitro benzene ring substituents is 1. The topological polar surface area (TPSA) is 127 Å². The van der Waals surface area contributed by atoms with Crippen molar-refractivity contribution in [2.24, 2.45) is 17.8 Å². The van der Waals surface area contributed by atoms with Crippen molar-refractivity contribution < 1.29 is 28.8 Å². The van der Waals surface area contributed by atoms with E-state index in [4.69, 9.17) is 16.3 Å². The van der Waals surface area contributed by atoms with Gasteiger partial charge >= 0.3 is 0 Å². The van der Waals surface area contributed by atoms with Gasteiger partial charge in [0.15, 0.2) is 5.78 Å². The number of hydrogen-bond acceptors (Lipinski definition) is 7. The first kappa shape index (κ1) is 27.7. The van der Waals surface area contributed by atoms with Crippen LogP contribution in [0.15, 0.2) is 84.9 Å². The summed E-state index contributed by atoms with van der Waals surface area (Å²) in [6, 6.07) is 17.8. The third kappa shape index (κ3) is 5.46. The molecule has 0 radical (unpaired) electrons. The molecule has 1 aliphatic carbocycles. The number of nitro benzene ring substituents is 1. The molecule has 0 bridgehead atoms. The molecule has 1 heterocycles. The molecule has 5 rings (SSSR count). The van der Waals surface area contributed by atoms with E-state index in [1.807, 2.05) is 19.1 Å². The molecule has 0 aromatic heterocycles. The fourth-order valence-corrected chi connectivity index (χ4v) is 5.30. The Balaban J connectivity index is 1.39. The number of imide groups is 1. The zero-order valence-corrected chi connectivity index (χ0v) is 22.6. The molecule has 1 saturated heterocycles. The van der Waals surface area contributed by atoms with Gasteiger partial charge < -0.3 is 4.74 Å². The molecule has 0 saturated carbocycles. The number of allylic oxidation sites excluding steroid dienone is 2. The van der Waals surface area contributed by atoms with Crippen molar-refractivity contribution in [2.45, 2.75) is 13.3 Å². The fraction of sp³-hybridized carbons (Fsp3) is 0.200. The van der Waals surface area contributed by atoms with Gasteiger partial charge in [0.05, 0.1) is 27.3 Å². The zero-order valence-electron chi connectivity index (χ0n) is 21.8. The number of ether oxygens (including phenoxy) is 1. The van der Waals surface area contributed by atoms with Crippen LogP contribution in [0.25, 0.3) is 0 Å². The van der Waals surface area contributed by atoms with Gasteiger partial charge in [-0.05, 0) is 60.9 Å². The summed E-state index contributed by atoms with van der Waals surface area (Å²) in [5.74, 6) is -3.04. The second-order valence-electron chi connectivity index (χ2n) is 9.79. The molecule has 0 spiro atoms.